The molecule has 5 nitrogen and oxygen atoms in total. The molecule has 0 heterocycles. The van der Waals surface area contributed by atoms with Crippen molar-refractivity contribution in [2.45, 2.75) is 83.8 Å². The molecule has 5 heteroatoms. The molecule has 178 valence electrons. The largest absolute Gasteiger partial charge is 0.497 e. The number of aryl methyl sites for hydroxylation is 2. The molecule has 1 saturated carbocycles. The molecule has 33 heavy (non-hydrogen) atoms. The molecular weight excluding hydrogens is 412 g/mol. The number of methoxy groups -OCH3 is 1. The molecule has 0 unspecified atom stereocenters. The molecule has 0 aliphatic heterocycles. The molecule has 1 atom stereocenters. The Hall–Kier alpha value is -2.82. The van der Waals surface area contributed by atoms with Crippen LogP contribution < -0.4 is 10.1 Å². The summed E-state index contributed by atoms with van der Waals surface area (Å²) in [4.78, 5) is 28.4. The Morgan fingerprint density at radius 2 is 1.73 bits per heavy atom. The molecular formula is C28H38N2O3. The SMILES string of the molecule is CCc1ccc(CCC(=O)N(Cc2cccc(OC)c2)[C@H](CC)C(=O)NC2CCCC2)cc1. The summed E-state index contributed by atoms with van der Waals surface area (Å²) in [6, 6.07) is 15.9. The Balaban J connectivity index is 1.75. The molecule has 2 amide bonds. The minimum absolute atomic E-state index is 0.00538. The average molecular weight is 451 g/mol. The van der Waals surface area contributed by atoms with E-state index in [2.05, 4.69) is 36.5 Å². The number of carbonyl (C=O) groups excluding carboxylic acids is 2. The van der Waals surface area contributed by atoms with E-state index >= 15 is 0 Å². The van der Waals surface area contributed by atoms with Crippen molar-refractivity contribution in [3.8, 4) is 5.75 Å². The Labute approximate surface area is 198 Å². The number of hydrogen-bond donors (Lipinski definition) is 1. The number of rotatable bonds is 11. The Kier molecular flexibility index (Phi) is 9.35. The molecule has 0 aromatic heterocycles. The fraction of sp³-hybridized carbons (Fsp3) is 0.500. The van der Waals surface area contributed by atoms with Crippen LogP contribution in [0, 0.1) is 0 Å². The van der Waals surface area contributed by atoms with Crippen molar-refractivity contribution in [3.05, 3.63) is 65.2 Å². The van der Waals surface area contributed by atoms with E-state index in [1.807, 2.05) is 31.2 Å². The zero-order valence-electron chi connectivity index (χ0n) is 20.3. The highest BCUT2D eigenvalue weighted by molar-refractivity contribution is 5.88. The lowest BCUT2D eigenvalue weighted by Gasteiger charge is -2.31. The number of benzene rings is 2. The van der Waals surface area contributed by atoms with Gasteiger partial charge in [-0.25, -0.2) is 0 Å². The van der Waals surface area contributed by atoms with Crippen LogP contribution in [0.25, 0.3) is 0 Å². The summed E-state index contributed by atoms with van der Waals surface area (Å²) in [5.74, 6) is 0.720. The molecule has 0 bridgehead atoms. The summed E-state index contributed by atoms with van der Waals surface area (Å²) in [6.45, 7) is 4.51. The Morgan fingerprint density at radius 1 is 1.03 bits per heavy atom. The Bertz CT molecular complexity index is 904. The van der Waals surface area contributed by atoms with Crippen LogP contribution in [-0.2, 0) is 29.0 Å². The van der Waals surface area contributed by atoms with E-state index in [0.29, 0.717) is 25.8 Å². The maximum absolute atomic E-state index is 13.5. The lowest BCUT2D eigenvalue weighted by molar-refractivity contribution is -0.141. The van der Waals surface area contributed by atoms with Crippen molar-refractivity contribution in [1.82, 2.24) is 10.2 Å². The second-order valence-corrected chi connectivity index (χ2v) is 8.96. The monoisotopic (exact) mass is 450 g/mol. The van der Waals surface area contributed by atoms with Gasteiger partial charge in [0.05, 0.1) is 7.11 Å². The third-order valence-electron chi connectivity index (χ3n) is 6.63. The molecule has 0 saturated heterocycles. The van der Waals surface area contributed by atoms with Gasteiger partial charge in [-0.3, -0.25) is 9.59 Å². The number of ether oxygens (including phenoxy) is 1. The first-order chi connectivity index (χ1) is 16.0. The van der Waals surface area contributed by atoms with Crippen molar-refractivity contribution in [3.63, 3.8) is 0 Å². The van der Waals surface area contributed by atoms with E-state index in [4.69, 9.17) is 4.74 Å². The first-order valence-electron chi connectivity index (χ1n) is 12.3. The first kappa shape index (κ1) is 24.8. The lowest BCUT2D eigenvalue weighted by Crippen LogP contribution is -2.51. The highest BCUT2D eigenvalue weighted by atomic mass is 16.5. The van der Waals surface area contributed by atoms with Crippen LogP contribution >= 0.6 is 0 Å². The van der Waals surface area contributed by atoms with Gasteiger partial charge in [0.1, 0.15) is 11.8 Å². The minimum Gasteiger partial charge on any atom is -0.497 e. The van der Waals surface area contributed by atoms with Gasteiger partial charge in [0.25, 0.3) is 0 Å². The van der Waals surface area contributed by atoms with Crippen molar-refractivity contribution in [2.24, 2.45) is 0 Å². The highest BCUT2D eigenvalue weighted by Crippen LogP contribution is 2.21. The number of nitrogens with one attached hydrogen (secondary N) is 1. The average Bonchev–Trinajstić information content (AvgIpc) is 3.35. The standard InChI is InChI=1S/C28H38N2O3/c1-4-21-13-15-22(16-14-21)17-18-27(31)30(20-23-9-8-12-25(19-23)33-3)26(5-2)28(32)29-24-10-6-7-11-24/h8-9,12-16,19,24,26H,4-7,10-11,17-18,20H2,1-3H3,(H,29,32)/t26-/m1/s1. The summed E-state index contributed by atoms with van der Waals surface area (Å²) in [5, 5.41) is 3.20. The quantitative estimate of drug-likeness (QED) is 0.521. The van der Waals surface area contributed by atoms with E-state index in [-0.39, 0.29) is 17.9 Å². The molecule has 2 aromatic carbocycles. The fourth-order valence-electron chi connectivity index (χ4n) is 4.59. The van der Waals surface area contributed by atoms with Gasteiger partial charge in [0, 0.05) is 19.0 Å². The fourth-order valence-corrected chi connectivity index (χ4v) is 4.59. The molecule has 3 rings (SSSR count). The van der Waals surface area contributed by atoms with E-state index < -0.39 is 6.04 Å². The maximum atomic E-state index is 13.5. The van der Waals surface area contributed by atoms with Crippen molar-refractivity contribution in [2.75, 3.05) is 7.11 Å². The van der Waals surface area contributed by atoms with Gasteiger partial charge in [-0.15, -0.1) is 0 Å². The van der Waals surface area contributed by atoms with Gasteiger partial charge in [0.15, 0.2) is 0 Å². The van der Waals surface area contributed by atoms with Gasteiger partial charge < -0.3 is 15.0 Å². The summed E-state index contributed by atoms with van der Waals surface area (Å²) < 4.78 is 5.36. The smallest absolute Gasteiger partial charge is 0.243 e. The summed E-state index contributed by atoms with van der Waals surface area (Å²) in [5.41, 5.74) is 3.40. The maximum Gasteiger partial charge on any atom is 0.243 e. The lowest BCUT2D eigenvalue weighted by atomic mass is 10.0. The molecule has 1 aliphatic rings. The molecule has 2 aromatic rings. The van der Waals surface area contributed by atoms with Gasteiger partial charge >= 0.3 is 0 Å². The summed E-state index contributed by atoms with van der Waals surface area (Å²) >= 11 is 0. The molecule has 1 aliphatic carbocycles. The van der Waals surface area contributed by atoms with E-state index in [1.165, 1.54) is 5.56 Å². The number of nitrogens with zero attached hydrogens (tertiary/aromatic N) is 1. The number of amides is 2. The Morgan fingerprint density at radius 3 is 2.36 bits per heavy atom. The number of carbonyl (C=O) groups is 2. The molecule has 0 spiro atoms. The van der Waals surface area contributed by atoms with Crippen LogP contribution in [0.3, 0.4) is 0 Å². The van der Waals surface area contributed by atoms with Crippen LogP contribution in [0.1, 0.15) is 69.1 Å². The van der Waals surface area contributed by atoms with Crippen molar-refractivity contribution in [1.29, 1.82) is 0 Å². The third-order valence-corrected chi connectivity index (χ3v) is 6.63. The highest BCUT2D eigenvalue weighted by Gasteiger charge is 2.30. The van der Waals surface area contributed by atoms with Crippen LogP contribution in [0.2, 0.25) is 0 Å². The molecule has 1 fully saturated rings. The van der Waals surface area contributed by atoms with Crippen molar-refractivity contribution < 1.29 is 14.3 Å². The summed E-state index contributed by atoms with van der Waals surface area (Å²) in [7, 11) is 1.63. The van der Waals surface area contributed by atoms with Gasteiger partial charge in [0.2, 0.25) is 11.8 Å². The van der Waals surface area contributed by atoms with Crippen molar-refractivity contribution >= 4 is 11.8 Å². The van der Waals surface area contributed by atoms with E-state index in [1.54, 1.807) is 12.0 Å². The second kappa shape index (κ2) is 12.4. The van der Waals surface area contributed by atoms with Crippen LogP contribution in [0.15, 0.2) is 48.5 Å². The minimum atomic E-state index is -0.480. The third kappa shape index (κ3) is 7.08. The predicted octanol–water partition coefficient (Wildman–Crippen LogP) is 5.06. The van der Waals surface area contributed by atoms with Crippen LogP contribution in [0.5, 0.6) is 5.75 Å². The van der Waals surface area contributed by atoms with E-state index in [9.17, 15) is 9.59 Å². The zero-order valence-corrected chi connectivity index (χ0v) is 20.3. The molecule has 1 N–H and O–H groups in total. The van der Waals surface area contributed by atoms with Gasteiger partial charge in [-0.05, 0) is 60.9 Å². The van der Waals surface area contributed by atoms with Crippen LogP contribution in [-0.4, -0.2) is 35.9 Å². The predicted molar refractivity (Wildman–Crippen MR) is 132 cm³/mol. The normalized spacial score (nSPS) is 14.6. The van der Waals surface area contributed by atoms with Crippen LogP contribution in [0.4, 0.5) is 0 Å². The van der Waals surface area contributed by atoms with Gasteiger partial charge in [-0.1, -0.05) is 63.1 Å². The summed E-state index contributed by atoms with van der Waals surface area (Å²) in [6.07, 6.45) is 7.00. The van der Waals surface area contributed by atoms with E-state index in [0.717, 1.165) is 49.0 Å². The number of hydrogen-bond acceptors (Lipinski definition) is 3. The zero-order chi connectivity index (χ0) is 23.6. The topological polar surface area (TPSA) is 58.6 Å². The molecule has 0 radical (unpaired) electrons. The first-order valence-corrected chi connectivity index (χ1v) is 12.3. The van der Waals surface area contributed by atoms with Gasteiger partial charge in [-0.2, -0.15) is 0 Å². The second-order valence-electron chi connectivity index (χ2n) is 8.96.